The lowest BCUT2D eigenvalue weighted by Gasteiger charge is -2.20. The number of halogens is 1. The Morgan fingerprint density at radius 3 is 1.84 bits per heavy atom. The Labute approximate surface area is 187 Å². The fourth-order valence-corrected chi connectivity index (χ4v) is 4.27. The summed E-state index contributed by atoms with van der Waals surface area (Å²) in [6, 6.07) is 30.1. The van der Waals surface area contributed by atoms with Gasteiger partial charge in [-0.25, -0.2) is 9.37 Å². The number of hydrogen-bond donors (Lipinski definition) is 0. The van der Waals surface area contributed by atoms with Gasteiger partial charge in [0.25, 0.3) is 0 Å². The van der Waals surface area contributed by atoms with E-state index < -0.39 is 0 Å². The normalized spacial score (nSPS) is 11.0. The van der Waals surface area contributed by atoms with Crippen LogP contribution in [0.2, 0.25) is 0 Å². The fourth-order valence-electron chi connectivity index (χ4n) is 4.27. The van der Waals surface area contributed by atoms with Gasteiger partial charge in [-0.05, 0) is 66.4 Å². The van der Waals surface area contributed by atoms with Crippen molar-refractivity contribution in [3.8, 4) is 39.3 Å². The minimum absolute atomic E-state index is 0.241. The summed E-state index contributed by atoms with van der Waals surface area (Å²) in [5.41, 5.74) is 8.54. The number of aromatic nitrogens is 2. The van der Waals surface area contributed by atoms with Crippen LogP contribution in [0.25, 0.3) is 39.3 Å². The maximum Gasteiger partial charge on any atom is 0.144 e. The summed E-state index contributed by atoms with van der Waals surface area (Å²) in [7, 11) is 0. The minimum atomic E-state index is -0.241. The topological polar surface area (TPSA) is 17.8 Å². The second-order valence-corrected chi connectivity index (χ2v) is 8.02. The van der Waals surface area contributed by atoms with Crippen LogP contribution in [-0.4, -0.2) is 9.55 Å². The highest BCUT2D eigenvalue weighted by Crippen LogP contribution is 2.39. The first-order valence-corrected chi connectivity index (χ1v) is 10.7. The Kier molecular flexibility index (Phi) is 5.16. The summed E-state index contributed by atoms with van der Waals surface area (Å²) >= 11 is 0. The molecule has 5 aromatic rings. The molecule has 0 spiro atoms. The van der Waals surface area contributed by atoms with Gasteiger partial charge in [-0.1, -0.05) is 60.7 Å². The molecule has 5 rings (SSSR count). The SMILES string of the molecule is Cc1cc(-c2ccccc2)c(-n2ccnc2-c2ccc(F)cc2C)c(-c2ccccc2)c1. The average molecular weight is 419 g/mol. The van der Waals surface area contributed by atoms with Gasteiger partial charge in [0.1, 0.15) is 11.6 Å². The lowest BCUT2D eigenvalue weighted by molar-refractivity contribution is 0.627. The zero-order valence-corrected chi connectivity index (χ0v) is 18.1. The molecule has 0 unspecified atom stereocenters. The number of imidazole rings is 1. The van der Waals surface area contributed by atoms with Crippen LogP contribution < -0.4 is 0 Å². The molecule has 3 heteroatoms. The molecule has 32 heavy (non-hydrogen) atoms. The molecule has 2 nitrogen and oxygen atoms in total. The van der Waals surface area contributed by atoms with Crippen LogP contribution in [0.1, 0.15) is 11.1 Å². The van der Waals surface area contributed by atoms with E-state index in [1.165, 1.54) is 11.6 Å². The van der Waals surface area contributed by atoms with Crippen LogP contribution >= 0.6 is 0 Å². The fraction of sp³-hybridized carbons (Fsp3) is 0.0690. The summed E-state index contributed by atoms with van der Waals surface area (Å²) in [4.78, 5) is 4.69. The summed E-state index contributed by atoms with van der Waals surface area (Å²) in [6.45, 7) is 4.05. The van der Waals surface area contributed by atoms with Crippen LogP contribution in [0.3, 0.4) is 0 Å². The van der Waals surface area contributed by atoms with Crippen LogP contribution in [-0.2, 0) is 0 Å². The molecule has 0 aliphatic rings. The van der Waals surface area contributed by atoms with Gasteiger partial charge in [0.15, 0.2) is 0 Å². The largest absolute Gasteiger partial charge is 0.299 e. The predicted molar refractivity (Wildman–Crippen MR) is 129 cm³/mol. The Balaban J connectivity index is 1.84. The van der Waals surface area contributed by atoms with E-state index in [1.54, 1.807) is 6.07 Å². The highest BCUT2D eigenvalue weighted by atomic mass is 19.1. The van der Waals surface area contributed by atoms with Gasteiger partial charge in [0.05, 0.1) is 5.69 Å². The van der Waals surface area contributed by atoms with E-state index in [1.807, 2.05) is 37.5 Å². The van der Waals surface area contributed by atoms with Crippen molar-refractivity contribution in [2.75, 3.05) is 0 Å². The highest BCUT2D eigenvalue weighted by Gasteiger charge is 2.19. The summed E-state index contributed by atoms with van der Waals surface area (Å²) < 4.78 is 15.9. The standard InChI is InChI=1S/C29H23FN2/c1-20-17-26(22-9-5-3-6-10-22)28(27(18-20)23-11-7-4-8-12-23)32-16-15-31-29(32)25-14-13-24(30)19-21(25)2/h3-19H,1-2H3. The molecule has 0 aliphatic heterocycles. The number of benzene rings is 4. The van der Waals surface area contributed by atoms with Crippen molar-refractivity contribution in [1.29, 1.82) is 0 Å². The third kappa shape index (κ3) is 3.63. The van der Waals surface area contributed by atoms with Crippen LogP contribution in [0.15, 0.2) is 103 Å². The molecule has 156 valence electrons. The first-order chi connectivity index (χ1) is 15.6. The summed E-state index contributed by atoms with van der Waals surface area (Å²) in [5.74, 6) is 0.551. The number of nitrogens with zero attached hydrogens (tertiary/aromatic N) is 2. The maximum absolute atomic E-state index is 13.8. The molecule has 0 saturated carbocycles. The second kappa shape index (κ2) is 8.27. The lowest BCUT2D eigenvalue weighted by atomic mass is 9.93. The monoisotopic (exact) mass is 418 g/mol. The van der Waals surface area contributed by atoms with Crippen LogP contribution in [0, 0.1) is 19.7 Å². The smallest absolute Gasteiger partial charge is 0.144 e. The van der Waals surface area contributed by atoms with Crippen LogP contribution in [0.5, 0.6) is 0 Å². The lowest BCUT2D eigenvalue weighted by Crippen LogP contribution is -2.03. The quantitative estimate of drug-likeness (QED) is 0.293. The molecule has 0 atom stereocenters. The molecule has 0 radical (unpaired) electrons. The Morgan fingerprint density at radius 1 is 0.688 bits per heavy atom. The molecular formula is C29H23FN2. The predicted octanol–water partition coefficient (Wildman–Crippen LogP) is 7.63. The van der Waals surface area contributed by atoms with E-state index in [-0.39, 0.29) is 5.82 Å². The Hall–Kier alpha value is -3.98. The zero-order chi connectivity index (χ0) is 22.1. The second-order valence-electron chi connectivity index (χ2n) is 8.02. The molecule has 0 bridgehead atoms. The molecule has 4 aromatic carbocycles. The molecule has 0 fully saturated rings. The highest BCUT2D eigenvalue weighted by molar-refractivity contribution is 5.87. The van der Waals surface area contributed by atoms with Crippen molar-refractivity contribution >= 4 is 0 Å². The molecule has 1 aromatic heterocycles. The average Bonchev–Trinajstić information content (AvgIpc) is 3.29. The van der Waals surface area contributed by atoms with Gasteiger partial charge >= 0.3 is 0 Å². The van der Waals surface area contributed by atoms with Crippen molar-refractivity contribution in [3.63, 3.8) is 0 Å². The zero-order valence-electron chi connectivity index (χ0n) is 18.1. The van der Waals surface area contributed by atoms with Gasteiger partial charge < -0.3 is 0 Å². The van der Waals surface area contributed by atoms with Gasteiger partial charge in [-0.15, -0.1) is 0 Å². The Morgan fingerprint density at radius 2 is 1.28 bits per heavy atom. The summed E-state index contributed by atoms with van der Waals surface area (Å²) in [6.07, 6.45) is 3.79. The maximum atomic E-state index is 13.8. The Bertz CT molecular complexity index is 1330. The van der Waals surface area contributed by atoms with Gasteiger partial charge in [0, 0.05) is 29.1 Å². The molecular weight excluding hydrogens is 395 g/mol. The van der Waals surface area contributed by atoms with E-state index in [0.29, 0.717) is 0 Å². The first-order valence-electron chi connectivity index (χ1n) is 10.7. The van der Waals surface area contributed by atoms with E-state index in [4.69, 9.17) is 0 Å². The molecule has 0 saturated heterocycles. The molecule has 1 heterocycles. The minimum Gasteiger partial charge on any atom is -0.299 e. The molecule has 0 N–H and O–H groups in total. The van der Waals surface area contributed by atoms with Crippen LogP contribution in [0.4, 0.5) is 4.39 Å². The third-order valence-corrected chi connectivity index (χ3v) is 5.73. The molecule has 0 aliphatic carbocycles. The van der Waals surface area contributed by atoms with Gasteiger partial charge in [0.2, 0.25) is 0 Å². The molecule has 0 amide bonds. The van der Waals surface area contributed by atoms with Crippen molar-refractivity contribution in [1.82, 2.24) is 9.55 Å². The van der Waals surface area contributed by atoms with E-state index in [0.717, 1.165) is 44.9 Å². The van der Waals surface area contributed by atoms with Crippen molar-refractivity contribution in [3.05, 3.63) is 120 Å². The van der Waals surface area contributed by atoms with E-state index in [2.05, 4.69) is 77.1 Å². The number of hydrogen-bond acceptors (Lipinski definition) is 1. The van der Waals surface area contributed by atoms with Gasteiger partial charge in [-0.3, -0.25) is 4.57 Å². The van der Waals surface area contributed by atoms with Crippen molar-refractivity contribution in [2.24, 2.45) is 0 Å². The third-order valence-electron chi connectivity index (χ3n) is 5.73. The van der Waals surface area contributed by atoms with Crippen molar-refractivity contribution in [2.45, 2.75) is 13.8 Å². The number of aryl methyl sites for hydroxylation is 2. The van der Waals surface area contributed by atoms with Gasteiger partial charge in [-0.2, -0.15) is 0 Å². The summed E-state index contributed by atoms with van der Waals surface area (Å²) in [5, 5.41) is 0. The van der Waals surface area contributed by atoms with E-state index >= 15 is 0 Å². The first kappa shape index (κ1) is 20.0. The number of rotatable bonds is 4. The van der Waals surface area contributed by atoms with E-state index in [9.17, 15) is 4.39 Å². The van der Waals surface area contributed by atoms with Crippen molar-refractivity contribution < 1.29 is 4.39 Å².